The topological polar surface area (TPSA) is 98.2 Å². The highest BCUT2D eigenvalue weighted by Gasteiger charge is 2.26. The fourth-order valence-corrected chi connectivity index (χ4v) is 3.23. The second-order valence-corrected chi connectivity index (χ2v) is 6.30. The van der Waals surface area contributed by atoms with Gasteiger partial charge >= 0.3 is 0 Å². The van der Waals surface area contributed by atoms with E-state index in [0.29, 0.717) is 10.6 Å². The van der Waals surface area contributed by atoms with Crippen LogP contribution in [-0.4, -0.2) is 17.9 Å². The zero-order chi connectivity index (χ0) is 14.0. The SMILES string of the molecule is Cc1sc(C(=O)NC2CCC(C(N)=O)CC2)cc1N. The lowest BCUT2D eigenvalue weighted by atomic mass is 9.85. The smallest absolute Gasteiger partial charge is 0.261 e. The number of carbonyl (C=O) groups is 2. The lowest BCUT2D eigenvalue weighted by Gasteiger charge is -2.27. The Hall–Kier alpha value is -1.56. The van der Waals surface area contributed by atoms with Gasteiger partial charge in [-0.3, -0.25) is 9.59 Å². The van der Waals surface area contributed by atoms with Crippen molar-refractivity contribution in [2.24, 2.45) is 11.7 Å². The van der Waals surface area contributed by atoms with Crippen LogP contribution in [0, 0.1) is 12.8 Å². The number of rotatable bonds is 3. The van der Waals surface area contributed by atoms with Gasteiger partial charge in [-0.25, -0.2) is 0 Å². The molecule has 0 spiro atoms. The first kappa shape index (κ1) is 13.9. The number of nitrogen functional groups attached to an aromatic ring is 1. The van der Waals surface area contributed by atoms with Gasteiger partial charge in [0.05, 0.1) is 4.88 Å². The molecular weight excluding hydrogens is 262 g/mol. The van der Waals surface area contributed by atoms with Gasteiger partial charge in [-0.2, -0.15) is 0 Å². The van der Waals surface area contributed by atoms with Crippen LogP contribution in [0.3, 0.4) is 0 Å². The van der Waals surface area contributed by atoms with E-state index in [2.05, 4.69) is 5.32 Å². The minimum Gasteiger partial charge on any atom is -0.398 e. The molecule has 5 N–H and O–H groups in total. The molecule has 0 aromatic carbocycles. The zero-order valence-corrected chi connectivity index (χ0v) is 11.8. The Morgan fingerprint density at radius 1 is 1.32 bits per heavy atom. The summed E-state index contributed by atoms with van der Waals surface area (Å²) in [5.74, 6) is -0.341. The summed E-state index contributed by atoms with van der Waals surface area (Å²) in [6.07, 6.45) is 3.12. The van der Waals surface area contributed by atoms with Crippen LogP contribution in [0.15, 0.2) is 6.07 Å². The molecule has 1 aliphatic carbocycles. The fraction of sp³-hybridized carbons (Fsp3) is 0.538. The predicted octanol–water partition coefficient (Wildman–Crippen LogP) is 1.41. The van der Waals surface area contributed by atoms with Gasteiger partial charge in [0.2, 0.25) is 5.91 Å². The Kier molecular flexibility index (Phi) is 4.09. The normalized spacial score (nSPS) is 23.0. The van der Waals surface area contributed by atoms with Crippen molar-refractivity contribution < 1.29 is 9.59 Å². The number of anilines is 1. The summed E-state index contributed by atoms with van der Waals surface area (Å²) < 4.78 is 0. The molecule has 0 aliphatic heterocycles. The lowest BCUT2D eigenvalue weighted by Crippen LogP contribution is -2.39. The summed E-state index contributed by atoms with van der Waals surface area (Å²) in [4.78, 5) is 24.7. The molecule has 0 unspecified atom stereocenters. The van der Waals surface area contributed by atoms with E-state index in [0.717, 1.165) is 30.6 Å². The Morgan fingerprint density at radius 2 is 1.95 bits per heavy atom. The molecule has 1 aromatic heterocycles. The van der Waals surface area contributed by atoms with Gasteiger partial charge in [0.25, 0.3) is 5.91 Å². The predicted molar refractivity (Wildman–Crippen MR) is 75.9 cm³/mol. The van der Waals surface area contributed by atoms with Crippen molar-refractivity contribution in [1.29, 1.82) is 0 Å². The third kappa shape index (κ3) is 3.26. The average molecular weight is 281 g/mol. The standard InChI is InChI=1S/C13H19N3O2S/c1-7-10(14)6-11(19-7)13(18)16-9-4-2-8(3-5-9)12(15)17/h6,8-9H,2-5,14H2,1H3,(H2,15,17)(H,16,18). The third-order valence-electron chi connectivity index (χ3n) is 3.64. The summed E-state index contributed by atoms with van der Waals surface area (Å²) in [7, 11) is 0. The number of nitrogens with one attached hydrogen (secondary N) is 1. The molecule has 0 saturated heterocycles. The number of hydrogen-bond acceptors (Lipinski definition) is 4. The summed E-state index contributed by atoms with van der Waals surface area (Å²) >= 11 is 1.41. The molecule has 0 radical (unpaired) electrons. The average Bonchev–Trinajstić information content (AvgIpc) is 2.70. The van der Waals surface area contributed by atoms with Crippen molar-refractivity contribution in [3.63, 3.8) is 0 Å². The van der Waals surface area contributed by atoms with E-state index in [9.17, 15) is 9.59 Å². The number of nitrogens with two attached hydrogens (primary N) is 2. The first-order valence-electron chi connectivity index (χ1n) is 6.43. The van der Waals surface area contributed by atoms with Crippen molar-refractivity contribution in [2.45, 2.75) is 38.6 Å². The Morgan fingerprint density at radius 3 is 2.42 bits per heavy atom. The Labute approximate surface area is 116 Å². The van der Waals surface area contributed by atoms with Crippen LogP contribution in [0.1, 0.15) is 40.2 Å². The third-order valence-corrected chi connectivity index (χ3v) is 4.71. The number of hydrogen-bond donors (Lipinski definition) is 3. The lowest BCUT2D eigenvalue weighted by molar-refractivity contribution is -0.122. The molecule has 1 heterocycles. The minimum absolute atomic E-state index is 0.0345. The van der Waals surface area contributed by atoms with Crippen LogP contribution < -0.4 is 16.8 Å². The van der Waals surface area contributed by atoms with Crippen molar-refractivity contribution >= 4 is 28.8 Å². The van der Waals surface area contributed by atoms with Gasteiger partial charge in [0.1, 0.15) is 0 Å². The zero-order valence-electron chi connectivity index (χ0n) is 10.9. The van der Waals surface area contributed by atoms with Crippen LogP contribution in [0.25, 0.3) is 0 Å². The van der Waals surface area contributed by atoms with E-state index in [1.54, 1.807) is 6.07 Å². The molecule has 1 aliphatic rings. The maximum Gasteiger partial charge on any atom is 0.261 e. The highest BCUT2D eigenvalue weighted by Crippen LogP contribution is 2.26. The number of primary amides is 1. The molecule has 2 amide bonds. The number of carbonyl (C=O) groups excluding carboxylic acids is 2. The largest absolute Gasteiger partial charge is 0.398 e. The van der Waals surface area contributed by atoms with E-state index in [1.807, 2.05) is 6.92 Å². The van der Waals surface area contributed by atoms with Crippen LogP contribution in [0.4, 0.5) is 5.69 Å². The molecule has 104 valence electrons. The Bertz CT molecular complexity index is 471. The highest BCUT2D eigenvalue weighted by atomic mass is 32.1. The molecule has 2 rings (SSSR count). The van der Waals surface area contributed by atoms with E-state index in [1.165, 1.54) is 11.3 Å². The molecule has 1 aromatic rings. The summed E-state index contributed by atoms with van der Waals surface area (Å²) in [6, 6.07) is 1.84. The molecule has 1 fully saturated rings. The van der Waals surface area contributed by atoms with E-state index >= 15 is 0 Å². The Balaban J connectivity index is 1.89. The van der Waals surface area contributed by atoms with Gasteiger partial charge in [-0.15, -0.1) is 11.3 Å². The van der Waals surface area contributed by atoms with E-state index in [4.69, 9.17) is 11.5 Å². The first-order valence-corrected chi connectivity index (χ1v) is 7.25. The molecule has 5 nitrogen and oxygen atoms in total. The monoisotopic (exact) mass is 281 g/mol. The second-order valence-electron chi connectivity index (χ2n) is 5.05. The fourth-order valence-electron chi connectivity index (χ4n) is 2.39. The van der Waals surface area contributed by atoms with Gasteiger partial charge in [0, 0.05) is 22.5 Å². The molecule has 1 saturated carbocycles. The van der Waals surface area contributed by atoms with Crippen molar-refractivity contribution in [2.75, 3.05) is 5.73 Å². The van der Waals surface area contributed by atoms with Crippen LogP contribution >= 0.6 is 11.3 Å². The second kappa shape index (κ2) is 5.61. The van der Waals surface area contributed by atoms with Crippen molar-refractivity contribution in [3.05, 3.63) is 15.8 Å². The van der Waals surface area contributed by atoms with Crippen molar-refractivity contribution in [1.82, 2.24) is 5.32 Å². The molecule has 0 atom stereocenters. The van der Waals surface area contributed by atoms with Gasteiger partial charge in [0.15, 0.2) is 0 Å². The van der Waals surface area contributed by atoms with Crippen molar-refractivity contribution in [3.8, 4) is 0 Å². The van der Waals surface area contributed by atoms with Gasteiger partial charge in [-0.1, -0.05) is 0 Å². The minimum atomic E-state index is -0.230. The first-order chi connectivity index (χ1) is 8.97. The maximum atomic E-state index is 12.0. The highest BCUT2D eigenvalue weighted by molar-refractivity contribution is 7.14. The van der Waals surface area contributed by atoms with E-state index in [-0.39, 0.29) is 23.8 Å². The number of thiophene rings is 1. The van der Waals surface area contributed by atoms with Crippen LogP contribution in [-0.2, 0) is 4.79 Å². The van der Waals surface area contributed by atoms with Gasteiger partial charge < -0.3 is 16.8 Å². The van der Waals surface area contributed by atoms with Gasteiger partial charge in [-0.05, 0) is 38.7 Å². The molecule has 0 bridgehead atoms. The van der Waals surface area contributed by atoms with E-state index < -0.39 is 0 Å². The molecule has 6 heteroatoms. The summed E-state index contributed by atoms with van der Waals surface area (Å²) in [6.45, 7) is 1.90. The summed E-state index contributed by atoms with van der Waals surface area (Å²) in [5, 5.41) is 3.00. The number of amides is 2. The maximum absolute atomic E-state index is 12.0. The van der Waals surface area contributed by atoms with Crippen LogP contribution in [0.5, 0.6) is 0 Å². The summed E-state index contributed by atoms with van der Waals surface area (Å²) in [5.41, 5.74) is 11.7. The quantitative estimate of drug-likeness (QED) is 0.781. The molecular formula is C13H19N3O2S. The van der Waals surface area contributed by atoms with Crippen LogP contribution in [0.2, 0.25) is 0 Å². The molecule has 19 heavy (non-hydrogen) atoms. The number of aryl methyl sites for hydroxylation is 1.